The van der Waals surface area contributed by atoms with Gasteiger partial charge in [0.15, 0.2) is 23.2 Å². The second kappa shape index (κ2) is 32.0. The Morgan fingerprint density at radius 1 is 0.785 bits per heavy atom. The fraction of sp³-hybridized carbons (Fsp3) is 0.623. The molecule has 2 aliphatic heterocycles. The molecule has 1 aliphatic carbocycles. The largest absolute Gasteiger partial charge is 0.391 e. The number of hydrogen-bond donors (Lipinski definition) is 9. The summed E-state index contributed by atoms with van der Waals surface area (Å²) in [6, 6.07) is 13.2. The number of unbranched alkanes of at least 4 members (excludes halogenated alkanes) is 5. The molecule has 24 heteroatoms. The smallest absolute Gasteiger partial charge is 0.246 e. The van der Waals surface area contributed by atoms with Gasteiger partial charge in [-0.2, -0.15) is 0 Å². The van der Waals surface area contributed by atoms with E-state index < -0.39 is 54.0 Å². The molecule has 93 heavy (non-hydrogen) atoms. The maximum Gasteiger partial charge on any atom is 0.246 e. The summed E-state index contributed by atoms with van der Waals surface area (Å²) in [4.78, 5) is 97.1. The van der Waals surface area contributed by atoms with E-state index in [1.54, 1.807) is 22.2 Å². The molecule has 0 radical (unpaired) electrons. The number of aromatic nitrogens is 7. The first kappa shape index (κ1) is 70.4. The molecule has 0 unspecified atom stereocenters. The third kappa shape index (κ3) is 18.7. The van der Waals surface area contributed by atoms with Crippen molar-refractivity contribution >= 4 is 68.9 Å². The van der Waals surface area contributed by atoms with Crippen LogP contribution < -0.4 is 26.6 Å². The summed E-state index contributed by atoms with van der Waals surface area (Å²) in [6.45, 7) is 20.9. The number of carbonyl (C=O) groups is 5. The molecule has 0 spiro atoms. The van der Waals surface area contributed by atoms with Gasteiger partial charge in [0.1, 0.15) is 42.5 Å². The summed E-state index contributed by atoms with van der Waals surface area (Å²) < 4.78 is 8.11. The van der Waals surface area contributed by atoms with Crippen LogP contribution in [-0.4, -0.2) is 170 Å². The molecule has 6 aromatic rings. The molecule has 1 saturated carbocycles. The molecule has 3 aliphatic rings. The van der Waals surface area contributed by atoms with Crippen molar-refractivity contribution in [3.8, 4) is 10.4 Å². The van der Waals surface area contributed by atoms with E-state index in [0.717, 1.165) is 96.3 Å². The van der Waals surface area contributed by atoms with Gasteiger partial charge in [-0.25, -0.2) is 24.9 Å². The number of carbonyl (C=O) groups excluding carboxylic acids is 5. The number of H-pyrrole nitrogens is 1. The summed E-state index contributed by atoms with van der Waals surface area (Å²) in [5.74, 6) is 0.932. The van der Waals surface area contributed by atoms with Crippen molar-refractivity contribution in [3.63, 3.8) is 0 Å². The number of β-amino-alcohol motifs (C(OH)–C–C–N with tert-alkyl or cyclic N) is 1. The molecule has 3 fully saturated rings. The Morgan fingerprint density at radius 2 is 1.47 bits per heavy atom. The molecule has 23 nitrogen and oxygen atoms in total. The predicted octanol–water partition coefficient (Wildman–Crippen LogP) is 7.92. The number of aliphatic hydroxyl groups excluding tert-OH is 3. The van der Waals surface area contributed by atoms with Gasteiger partial charge in [0, 0.05) is 83.5 Å². The van der Waals surface area contributed by atoms with Crippen LogP contribution in [0.5, 0.6) is 0 Å². The number of benzene rings is 2. The third-order valence-electron chi connectivity index (χ3n) is 18.5. The fourth-order valence-corrected chi connectivity index (χ4v) is 13.7. The highest BCUT2D eigenvalue weighted by atomic mass is 32.1. The van der Waals surface area contributed by atoms with Gasteiger partial charge in [0.25, 0.3) is 0 Å². The number of aliphatic hydroxyl groups is 3. The maximum atomic E-state index is 14.1. The van der Waals surface area contributed by atoms with Gasteiger partial charge >= 0.3 is 0 Å². The first-order valence-corrected chi connectivity index (χ1v) is 34.6. The Labute approximate surface area is 550 Å². The number of nitrogens with one attached hydrogen (secondary N) is 6. The van der Waals surface area contributed by atoms with Gasteiger partial charge in [-0.1, -0.05) is 91.1 Å². The van der Waals surface area contributed by atoms with Crippen LogP contribution in [0.25, 0.3) is 32.6 Å². The number of aromatic amines is 1. The number of fused-ring (bicyclic) bond motifs is 2. The number of thiazole rings is 1. The third-order valence-corrected chi connectivity index (χ3v) is 19.5. The van der Waals surface area contributed by atoms with Gasteiger partial charge in [-0.15, -0.1) is 11.3 Å². The van der Waals surface area contributed by atoms with Crippen LogP contribution in [0.3, 0.4) is 0 Å². The number of hydrogen-bond acceptors (Lipinski definition) is 17. The van der Waals surface area contributed by atoms with Crippen LogP contribution in [0.1, 0.15) is 181 Å². The van der Waals surface area contributed by atoms with Gasteiger partial charge in [0.2, 0.25) is 29.5 Å². The maximum absolute atomic E-state index is 14.1. The van der Waals surface area contributed by atoms with E-state index in [0.29, 0.717) is 74.4 Å². The van der Waals surface area contributed by atoms with E-state index >= 15 is 0 Å². The highest BCUT2D eigenvalue weighted by molar-refractivity contribution is 7.13. The molecule has 5 amide bonds. The van der Waals surface area contributed by atoms with Crippen molar-refractivity contribution in [2.75, 3.05) is 38.0 Å². The first-order chi connectivity index (χ1) is 44.4. The Balaban J connectivity index is 0.595. The molecule has 506 valence electrons. The average Bonchev–Trinajstić information content (AvgIpc) is 1.64. The number of likely N-dealkylation sites (tertiary alicyclic amines) is 1. The standard InChI is InChI=1S/C69H100N14O9S/c1-42(2)81(48-32-45(33-48)23-28-54-78-50-27-26-47(68(4,5)6)34-51(50)79-54)38-53-59(88)60(89)67(92-53)83-40-76-58-63(74-39-75-64(58)83)72-31-16-15-30-71-56(86)20-17-19-55(85)70-29-14-12-10-11-13-18-57(87)80-62(69(7,8)9)66(91)82-37-49(84)35-52(82)65(90)73-36-44-21-24-46(25-22-44)61-43(3)77-41-93-61/h21-22,24-27,34,39-42,45,48-49,52-53,59-60,62,67,84,88-89H,10-20,23,28-33,35-38H2,1-9H3,(H,70,85)(H,71,86)(H,73,90)(H,78,79)(H,80,87)(H,72,74,75)/t45?,48?,49-,52+,53+,59+,60+,62-,67+/m0/s1. The minimum atomic E-state index is -1.19. The predicted molar refractivity (Wildman–Crippen MR) is 360 cm³/mol. The van der Waals surface area contributed by atoms with E-state index in [1.165, 1.54) is 16.8 Å². The van der Waals surface area contributed by atoms with Gasteiger partial charge in [-0.3, -0.25) is 33.4 Å². The van der Waals surface area contributed by atoms with Gasteiger partial charge in [-0.05, 0) is 118 Å². The second-order valence-corrected chi connectivity index (χ2v) is 29.1. The summed E-state index contributed by atoms with van der Waals surface area (Å²) in [6.07, 6.45) is 9.11. The minimum absolute atomic E-state index is 0.00380. The zero-order chi connectivity index (χ0) is 66.6. The molecule has 4 aromatic heterocycles. The van der Waals surface area contributed by atoms with Crippen molar-refractivity contribution in [1.82, 2.24) is 65.5 Å². The van der Waals surface area contributed by atoms with Crippen LogP contribution in [0.15, 0.2) is 60.6 Å². The van der Waals surface area contributed by atoms with E-state index in [1.807, 2.05) is 57.5 Å². The van der Waals surface area contributed by atoms with Crippen molar-refractivity contribution < 1.29 is 44.0 Å². The highest BCUT2D eigenvalue weighted by Gasteiger charge is 2.48. The fourth-order valence-electron chi connectivity index (χ4n) is 12.9. The van der Waals surface area contributed by atoms with Crippen LogP contribution in [0.4, 0.5) is 5.82 Å². The number of anilines is 1. The number of rotatable bonds is 32. The van der Waals surface area contributed by atoms with Gasteiger partial charge < -0.3 is 56.5 Å². The second-order valence-electron chi connectivity index (χ2n) is 28.2. The lowest BCUT2D eigenvalue weighted by atomic mass is 9.76. The number of imidazole rings is 2. The van der Waals surface area contributed by atoms with Crippen LogP contribution in [0.2, 0.25) is 0 Å². The van der Waals surface area contributed by atoms with Crippen molar-refractivity contribution in [2.45, 2.75) is 232 Å². The molecule has 9 N–H and O–H groups in total. The topological polar surface area (TPSA) is 307 Å². The lowest BCUT2D eigenvalue weighted by Crippen LogP contribution is -2.57. The van der Waals surface area contributed by atoms with Crippen LogP contribution >= 0.6 is 11.3 Å². The molecular weight excluding hydrogens is 1200 g/mol. The Kier molecular flexibility index (Phi) is 24.2. The van der Waals surface area contributed by atoms with E-state index in [4.69, 9.17) is 9.72 Å². The van der Waals surface area contributed by atoms with E-state index in [9.17, 15) is 39.3 Å². The molecule has 0 bridgehead atoms. The summed E-state index contributed by atoms with van der Waals surface area (Å²) in [7, 11) is 0. The summed E-state index contributed by atoms with van der Waals surface area (Å²) in [5.41, 5.74) is 8.51. The van der Waals surface area contributed by atoms with Crippen LogP contribution in [0, 0.1) is 18.3 Å². The Morgan fingerprint density at radius 3 is 2.16 bits per heavy atom. The minimum Gasteiger partial charge on any atom is -0.391 e. The zero-order valence-corrected chi connectivity index (χ0v) is 56.7. The molecular formula is C69H100N14O9S. The van der Waals surface area contributed by atoms with Crippen molar-refractivity contribution in [3.05, 3.63) is 83.3 Å². The van der Waals surface area contributed by atoms with E-state index in [2.05, 4.69) is 109 Å². The lowest BCUT2D eigenvalue weighted by molar-refractivity contribution is -0.144. The van der Waals surface area contributed by atoms with E-state index in [-0.39, 0.29) is 73.9 Å². The summed E-state index contributed by atoms with van der Waals surface area (Å²) in [5, 5.41) is 48.4. The Hall–Kier alpha value is -6.96. The lowest BCUT2D eigenvalue weighted by Gasteiger charge is -2.46. The monoisotopic (exact) mass is 1300 g/mol. The quantitative estimate of drug-likeness (QED) is 0.0181. The number of ether oxygens (including phenoxy) is 1. The van der Waals surface area contributed by atoms with Gasteiger partial charge in [0.05, 0.1) is 39.5 Å². The molecule has 2 saturated heterocycles. The van der Waals surface area contributed by atoms with Crippen molar-refractivity contribution in [2.24, 2.45) is 11.3 Å². The normalized spacial score (nSPS) is 21.2. The molecule has 7 atom stereocenters. The number of nitrogens with zero attached hydrogens (tertiary/aromatic N) is 8. The highest BCUT2D eigenvalue weighted by Crippen LogP contribution is 2.39. The molecule has 6 heterocycles. The summed E-state index contributed by atoms with van der Waals surface area (Å²) >= 11 is 1.57. The molecule has 9 rings (SSSR count). The van der Waals surface area contributed by atoms with Crippen LogP contribution in [-0.2, 0) is 47.1 Å². The number of aryl methyl sites for hydroxylation is 2. The Bertz CT molecular complexity index is 3460. The number of amides is 5. The first-order valence-electron chi connectivity index (χ1n) is 33.7. The molecule has 2 aromatic carbocycles. The van der Waals surface area contributed by atoms with Crippen molar-refractivity contribution in [1.29, 1.82) is 0 Å². The SMILES string of the molecule is Cc1ncsc1-c1ccc(CNC(=O)[C@H]2C[C@H](O)CN2C(=O)[C@H](NC(=O)CCCCCCCNC(=O)CCCC(=O)NCCCCNc2ncnc3c2ncn3[C@@H]2O[C@H](CN(C(C)C)C3CC(CCc4nc5ccc(C(C)(C)C)cc5[nH]4)C3)[C@@H](O)[C@H]2O)C(C)(C)C)cc1. The average molecular weight is 1300 g/mol. The zero-order valence-electron chi connectivity index (χ0n) is 55.9.